The zero-order valence-corrected chi connectivity index (χ0v) is 9.47. The average Bonchev–Trinajstić information content (AvgIpc) is 2.17. The van der Waals surface area contributed by atoms with Gasteiger partial charge in [0.25, 0.3) is 0 Å². The molecule has 0 aromatic rings. The molecule has 0 saturated heterocycles. The molecule has 1 rings (SSSR count). The molecule has 1 aliphatic rings. The first-order valence-electron chi connectivity index (χ1n) is 5.88. The average molecular weight is 183 g/mol. The van der Waals surface area contributed by atoms with Crippen molar-refractivity contribution in [1.82, 2.24) is 0 Å². The zero-order valence-electron chi connectivity index (χ0n) is 9.47. The van der Waals surface area contributed by atoms with E-state index in [1.54, 1.807) is 0 Å². The highest BCUT2D eigenvalue weighted by molar-refractivity contribution is 4.86. The lowest BCUT2D eigenvalue weighted by molar-refractivity contribution is 0.116. The molecule has 1 nitrogen and oxygen atoms in total. The van der Waals surface area contributed by atoms with E-state index < -0.39 is 0 Å². The van der Waals surface area contributed by atoms with Crippen LogP contribution in [-0.2, 0) is 0 Å². The molecule has 0 spiro atoms. The number of hydrogen-bond acceptors (Lipinski definition) is 1. The summed E-state index contributed by atoms with van der Waals surface area (Å²) in [6.07, 6.45) is 7.88. The molecule has 2 unspecified atom stereocenters. The summed E-state index contributed by atoms with van der Waals surface area (Å²) in [5.74, 6) is 0.881. The molecule has 0 heterocycles. The van der Waals surface area contributed by atoms with Gasteiger partial charge in [-0.25, -0.2) is 0 Å². The van der Waals surface area contributed by atoms with Crippen LogP contribution >= 0.6 is 0 Å². The molecule has 78 valence electrons. The van der Waals surface area contributed by atoms with Gasteiger partial charge < -0.3 is 5.73 Å². The van der Waals surface area contributed by atoms with Crippen molar-refractivity contribution in [2.45, 2.75) is 65.3 Å². The van der Waals surface area contributed by atoms with Gasteiger partial charge >= 0.3 is 0 Å². The molecule has 1 fully saturated rings. The Morgan fingerprint density at radius 2 is 1.85 bits per heavy atom. The van der Waals surface area contributed by atoms with Gasteiger partial charge in [0, 0.05) is 6.04 Å². The van der Waals surface area contributed by atoms with Crippen LogP contribution in [0.2, 0.25) is 0 Å². The molecule has 0 radical (unpaired) electrons. The van der Waals surface area contributed by atoms with Gasteiger partial charge in [0.15, 0.2) is 0 Å². The summed E-state index contributed by atoms with van der Waals surface area (Å²) in [5.41, 5.74) is 6.58. The molecule has 0 aliphatic heterocycles. The van der Waals surface area contributed by atoms with Crippen LogP contribution in [0.4, 0.5) is 0 Å². The maximum Gasteiger partial charge on any atom is 0.00416 e. The van der Waals surface area contributed by atoms with Gasteiger partial charge in [-0.2, -0.15) is 0 Å². The quantitative estimate of drug-likeness (QED) is 0.713. The Morgan fingerprint density at radius 3 is 2.31 bits per heavy atom. The summed E-state index contributed by atoms with van der Waals surface area (Å²) < 4.78 is 0. The summed E-state index contributed by atoms with van der Waals surface area (Å²) in [4.78, 5) is 0. The lowest BCUT2D eigenvalue weighted by Crippen LogP contribution is -2.36. The van der Waals surface area contributed by atoms with Gasteiger partial charge in [-0.1, -0.05) is 40.0 Å². The Balaban J connectivity index is 2.57. The first-order valence-corrected chi connectivity index (χ1v) is 5.88. The fourth-order valence-electron chi connectivity index (χ4n) is 2.69. The molecule has 13 heavy (non-hydrogen) atoms. The van der Waals surface area contributed by atoms with E-state index in [2.05, 4.69) is 20.8 Å². The normalized spacial score (nSPS) is 30.5. The van der Waals surface area contributed by atoms with E-state index in [9.17, 15) is 0 Å². The topological polar surface area (TPSA) is 26.0 Å². The molecule has 1 aliphatic carbocycles. The molecule has 0 bridgehead atoms. The van der Waals surface area contributed by atoms with Crippen molar-refractivity contribution in [1.29, 1.82) is 0 Å². The Morgan fingerprint density at radius 1 is 1.23 bits per heavy atom. The summed E-state index contributed by atoms with van der Waals surface area (Å²) in [6.45, 7) is 7.09. The lowest BCUT2D eigenvalue weighted by atomic mass is 9.66. The molecule has 1 saturated carbocycles. The van der Waals surface area contributed by atoms with Crippen molar-refractivity contribution in [2.24, 2.45) is 17.1 Å². The van der Waals surface area contributed by atoms with Crippen LogP contribution in [-0.4, -0.2) is 6.04 Å². The lowest BCUT2D eigenvalue weighted by Gasteiger charge is -2.40. The van der Waals surface area contributed by atoms with Crippen LogP contribution in [0.25, 0.3) is 0 Å². The highest BCUT2D eigenvalue weighted by Crippen LogP contribution is 2.42. The Hall–Kier alpha value is -0.0400. The zero-order chi connectivity index (χ0) is 9.90. The maximum absolute atomic E-state index is 6.03. The van der Waals surface area contributed by atoms with E-state index in [4.69, 9.17) is 5.73 Å². The minimum Gasteiger partial charge on any atom is -0.328 e. The van der Waals surface area contributed by atoms with Crippen molar-refractivity contribution >= 4 is 0 Å². The van der Waals surface area contributed by atoms with E-state index in [0.29, 0.717) is 11.5 Å². The minimum absolute atomic E-state index is 0.483. The smallest absolute Gasteiger partial charge is 0.00416 e. The second kappa shape index (κ2) is 4.45. The maximum atomic E-state index is 6.03. The highest BCUT2D eigenvalue weighted by Gasteiger charge is 2.33. The van der Waals surface area contributed by atoms with Gasteiger partial charge in [0.2, 0.25) is 0 Å². The van der Waals surface area contributed by atoms with Crippen molar-refractivity contribution in [3.05, 3.63) is 0 Å². The summed E-state index contributed by atoms with van der Waals surface area (Å²) in [6, 6.07) is 0.483. The van der Waals surface area contributed by atoms with Gasteiger partial charge in [-0.3, -0.25) is 0 Å². The molecule has 2 N–H and O–H groups in total. The van der Waals surface area contributed by atoms with Crippen molar-refractivity contribution in [2.75, 3.05) is 0 Å². The number of nitrogens with two attached hydrogens (primary N) is 1. The Kier molecular flexibility index (Phi) is 3.78. The fourth-order valence-corrected chi connectivity index (χ4v) is 2.69. The summed E-state index contributed by atoms with van der Waals surface area (Å²) >= 11 is 0. The molecular formula is C12H25N. The largest absolute Gasteiger partial charge is 0.328 e. The third kappa shape index (κ3) is 2.46. The summed E-state index contributed by atoms with van der Waals surface area (Å²) in [5, 5.41) is 0. The van der Waals surface area contributed by atoms with Gasteiger partial charge in [-0.15, -0.1) is 0 Å². The fraction of sp³-hybridized carbons (Fsp3) is 1.00. The van der Waals surface area contributed by atoms with Crippen LogP contribution < -0.4 is 5.73 Å². The van der Waals surface area contributed by atoms with E-state index in [-0.39, 0.29) is 0 Å². The third-order valence-electron chi connectivity index (χ3n) is 4.32. The molecule has 0 amide bonds. The van der Waals surface area contributed by atoms with Crippen LogP contribution in [0.3, 0.4) is 0 Å². The monoisotopic (exact) mass is 183 g/mol. The van der Waals surface area contributed by atoms with Crippen LogP contribution in [0, 0.1) is 11.3 Å². The second-order valence-electron chi connectivity index (χ2n) is 4.98. The van der Waals surface area contributed by atoms with Crippen LogP contribution in [0.1, 0.15) is 59.3 Å². The van der Waals surface area contributed by atoms with E-state index in [1.165, 1.54) is 38.5 Å². The highest BCUT2D eigenvalue weighted by atomic mass is 14.6. The molecule has 2 atom stereocenters. The minimum atomic E-state index is 0.483. The van der Waals surface area contributed by atoms with E-state index in [1.807, 2.05) is 0 Å². The first-order chi connectivity index (χ1) is 6.12. The van der Waals surface area contributed by atoms with Crippen LogP contribution in [0.15, 0.2) is 0 Å². The van der Waals surface area contributed by atoms with Gasteiger partial charge in [0.1, 0.15) is 0 Å². The molecule has 0 aromatic heterocycles. The summed E-state index contributed by atoms with van der Waals surface area (Å²) in [7, 11) is 0. The molecule has 0 aromatic carbocycles. The standard InChI is InChI=1S/C12H25N/c1-4-12(3,5-2)10-7-6-8-11(13)9-10/h10-11H,4-9,13H2,1-3H3. The second-order valence-corrected chi connectivity index (χ2v) is 4.98. The number of hydrogen-bond donors (Lipinski definition) is 1. The predicted octanol–water partition coefficient (Wildman–Crippen LogP) is 3.33. The number of rotatable bonds is 3. The van der Waals surface area contributed by atoms with E-state index in [0.717, 1.165) is 5.92 Å². The van der Waals surface area contributed by atoms with Crippen molar-refractivity contribution < 1.29 is 0 Å². The first kappa shape index (κ1) is 11.0. The van der Waals surface area contributed by atoms with Crippen LogP contribution in [0.5, 0.6) is 0 Å². The Labute approximate surface area is 83.1 Å². The third-order valence-corrected chi connectivity index (χ3v) is 4.32. The van der Waals surface area contributed by atoms with Gasteiger partial charge in [0.05, 0.1) is 0 Å². The van der Waals surface area contributed by atoms with E-state index >= 15 is 0 Å². The van der Waals surface area contributed by atoms with Gasteiger partial charge in [-0.05, 0) is 30.6 Å². The Bertz CT molecular complexity index is 149. The molecule has 1 heteroatoms. The van der Waals surface area contributed by atoms with Crippen molar-refractivity contribution in [3.8, 4) is 0 Å². The van der Waals surface area contributed by atoms with Crippen molar-refractivity contribution in [3.63, 3.8) is 0 Å². The molecular weight excluding hydrogens is 158 g/mol. The predicted molar refractivity (Wildman–Crippen MR) is 58.6 cm³/mol. The SMILES string of the molecule is CCC(C)(CC)C1CCCC(N)C1.